The molecule has 1 unspecified atom stereocenters. The molecule has 0 bridgehead atoms. The Morgan fingerprint density at radius 3 is 2.70 bits per heavy atom. The maximum atomic E-state index is 9.54. The van der Waals surface area contributed by atoms with E-state index in [1.807, 2.05) is 36.5 Å². The highest BCUT2D eigenvalue weighted by molar-refractivity contribution is 6.30. The zero-order chi connectivity index (χ0) is 19.1. The van der Waals surface area contributed by atoms with Gasteiger partial charge in [-0.25, -0.2) is 9.97 Å². The second-order valence-electron chi connectivity index (χ2n) is 6.27. The Balaban J connectivity index is 1.94. The van der Waals surface area contributed by atoms with Gasteiger partial charge in [0.2, 0.25) is 0 Å². The first kappa shape index (κ1) is 18.9. The van der Waals surface area contributed by atoms with Crippen molar-refractivity contribution in [2.24, 2.45) is 0 Å². The van der Waals surface area contributed by atoms with Crippen molar-refractivity contribution in [1.82, 2.24) is 14.5 Å². The summed E-state index contributed by atoms with van der Waals surface area (Å²) < 4.78 is 8.14. The molecule has 2 heterocycles. The number of benzene rings is 1. The fourth-order valence-corrected chi connectivity index (χ4v) is 3.14. The minimum atomic E-state index is 0.0442. The largest absolute Gasteiger partial charge is 0.485 e. The van der Waals surface area contributed by atoms with Gasteiger partial charge in [0.1, 0.15) is 12.7 Å². The first-order valence-corrected chi connectivity index (χ1v) is 9.34. The van der Waals surface area contributed by atoms with E-state index in [-0.39, 0.29) is 6.04 Å². The van der Waals surface area contributed by atoms with E-state index in [1.165, 1.54) is 0 Å². The van der Waals surface area contributed by atoms with Crippen LogP contribution in [0.15, 0.2) is 55.2 Å². The van der Waals surface area contributed by atoms with E-state index in [9.17, 15) is 5.26 Å². The van der Waals surface area contributed by atoms with E-state index >= 15 is 0 Å². The molecule has 3 aromatic rings. The van der Waals surface area contributed by atoms with Crippen LogP contribution in [-0.4, -0.2) is 14.5 Å². The number of nitrogens with zero attached hydrogens (tertiary/aromatic N) is 4. The number of imidazole rings is 1. The molecule has 138 valence electrons. The van der Waals surface area contributed by atoms with Crippen LogP contribution in [-0.2, 0) is 6.61 Å². The van der Waals surface area contributed by atoms with Crippen molar-refractivity contribution in [3.8, 4) is 11.8 Å². The van der Waals surface area contributed by atoms with Crippen LogP contribution in [0.3, 0.4) is 0 Å². The van der Waals surface area contributed by atoms with Crippen LogP contribution in [0.5, 0.6) is 5.75 Å². The van der Waals surface area contributed by atoms with Crippen LogP contribution < -0.4 is 4.74 Å². The third-order valence-corrected chi connectivity index (χ3v) is 4.66. The Kier molecular flexibility index (Phi) is 6.45. The van der Waals surface area contributed by atoms with Gasteiger partial charge in [0.25, 0.3) is 0 Å². The molecule has 0 amide bonds. The lowest BCUT2D eigenvalue weighted by Crippen LogP contribution is -2.12. The lowest BCUT2D eigenvalue weighted by Gasteiger charge is -2.22. The van der Waals surface area contributed by atoms with Crippen LogP contribution in [0.2, 0.25) is 5.02 Å². The average molecular weight is 381 g/mol. The number of hydrogen-bond acceptors (Lipinski definition) is 4. The summed E-state index contributed by atoms with van der Waals surface area (Å²) in [5.41, 5.74) is 2.22. The number of unbranched alkanes of at least 4 members (excludes halogenated alkanes) is 1. The zero-order valence-corrected chi connectivity index (χ0v) is 15.9. The summed E-state index contributed by atoms with van der Waals surface area (Å²) in [6, 6.07) is 11.6. The second-order valence-corrected chi connectivity index (χ2v) is 6.71. The predicted molar refractivity (Wildman–Crippen MR) is 105 cm³/mol. The molecule has 2 aromatic heterocycles. The fraction of sp³-hybridized carbons (Fsp3) is 0.286. The third-order valence-electron chi connectivity index (χ3n) is 4.41. The highest BCUT2D eigenvalue weighted by atomic mass is 35.5. The Hall–Kier alpha value is -2.84. The molecule has 1 atom stereocenters. The fourth-order valence-electron chi connectivity index (χ4n) is 3.01. The Morgan fingerprint density at radius 1 is 1.22 bits per heavy atom. The van der Waals surface area contributed by atoms with Crippen LogP contribution in [0.1, 0.15) is 49.0 Å². The van der Waals surface area contributed by atoms with Gasteiger partial charge in [-0.15, -0.1) is 0 Å². The van der Waals surface area contributed by atoms with Crippen LogP contribution in [0.25, 0.3) is 0 Å². The molecular formula is C21H21ClN4O. The van der Waals surface area contributed by atoms with Crippen molar-refractivity contribution in [1.29, 1.82) is 5.26 Å². The van der Waals surface area contributed by atoms with E-state index < -0.39 is 0 Å². The van der Waals surface area contributed by atoms with Gasteiger partial charge < -0.3 is 9.30 Å². The minimum Gasteiger partial charge on any atom is -0.485 e. The molecular weight excluding hydrogens is 360 g/mol. The van der Waals surface area contributed by atoms with Crippen molar-refractivity contribution in [3.05, 3.63) is 77.1 Å². The summed E-state index contributed by atoms with van der Waals surface area (Å²) in [7, 11) is 0. The molecule has 5 nitrogen and oxygen atoms in total. The van der Waals surface area contributed by atoms with Crippen LogP contribution >= 0.6 is 11.6 Å². The molecule has 0 aliphatic rings. The number of aromatic nitrogens is 3. The van der Waals surface area contributed by atoms with E-state index in [4.69, 9.17) is 16.3 Å². The highest BCUT2D eigenvalue weighted by Gasteiger charge is 2.21. The van der Waals surface area contributed by atoms with Crippen molar-refractivity contribution >= 4 is 11.6 Å². The molecule has 0 spiro atoms. The SMILES string of the molecule is CCCCC(c1ccnc(C#N)c1OCc1ccc(Cl)cc1)n1ccnc1. The standard InChI is InChI=1S/C21H21ClN4O/c1-2-3-4-20(26-12-11-24-15-26)18-9-10-25-19(13-23)21(18)27-14-16-5-7-17(22)8-6-16/h5-12,15,20H,2-4,14H2,1H3. The summed E-state index contributed by atoms with van der Waals surface area (Å²) >= 11 is 5.95. The van der Waals surface area contributed by atoms with E-state index in [2.05, 4.69) is 27.5 Å². The quantitative estimate of drug-likeness (QED) is 0.541. The van der Waals surface area contributed by atoms with E-state index in [0.717, 1.165) is 30.4 Å². The maximum Gasteiger partial charge on any atom is 0.182 e. The molecule has 1 aromatic carbocycles. The number of nitriles is 1. The topological polar surface area (TPSA) is 63.7 Å². The molecule has 6 heteroatoms. The number of rotatable bonds is 8. The molecule has 27 heavy (non-hydrogen) atoms. The van der Waals surface area contributed by atoms with Crippen molar-refractivity contribution in [2.75, 3.05) is 0 Å². The first-order valence-electron chi connectivity index (χ1n) is 8.96. The zero-order valence-electron chi connectivity index (χ0n) is 15.2. The predicted octanol–water partition coefficient (Wildman–Crippen LogP) is 5.16. The lowest BCUT2D eigenvalue weighted by molar-refractivity contribution is 0.296. The summed E-state index contributed by atoms with van der Waals surface area (Å²) in [6.45, 7) is 2.51. The summed E-state index contributed by atoms with van der Waals surface area (Å²) in [4.78, 5) is 8.38. The van der Waals surface area contributed by atoms with Crippen molar-refractivity contribution in [2.45, 2.75) is 38.8 Å². The number of halogens is 1. The van der Waals surface area contributed by atoms with Crippen molar-refractivity contribution in [3.63, 3.8) is 0 Å². The van der Waals surface area contributed by atoms with Gasteiger partial charge in [-0.2, -0.15) is 5.26 Å². The van der Waals surface area contributed by atoms with Gasteiger partial charge in [0.05, 0.1) is 12.4 Å². The van der Waals surface area contributed by atoms with E-state index in [0.29, 0.717) is 23.1 Å². The van der Waals surface area contributed by atoms with E-state index in [1.54, 1.807) is 18.7 Å². The van der Waals surface area contributed by atoms with Gasteiger partial charge >= 0.3 is 0 Å². The van der Waals surface area contributed by atoms with Gasteiger partial charge in [-0.3, -0.25) is 0 Å². The Morgan fingerprint density at radius 2 is 2.04 bits per heavy atom. The van der Waals surface area contributed by atoms with Crippen LogP contribution in [0.4, 0.5) is 0 Å². The molecule has 0 aliphatic heterocycles. The molecule has 0 saturated heterocycles. The number of hydrogen-bond donors (Lipinski definition) is 0. The van der Waals surface area contributed by atoms with Gasteiger partial charge in [0.15, 0.2) is 11.4 Å². The molecule has 0 N–H and O–H groups in total. The average Bonchev–Trinajstić information content (AvgIpc) is 3.22. The van der Waals surface area contributed by atoms with Gasteiger partial charge in [0, 0.05) is 29.2 Å². The van der Waals surface area contributed by atoms with Crippen LogP contribution in [0, 0.1) is 11.3 Å². The Bertz CT molecular complexity index is 901. The molecule has 0 fully saturated rings. The molecule has 0 saturated carbocycles. The summed E-state index contributed by atoms with van der Waals surface area (Å²) in [5.74, 6) is 0.532. The molecule has 3 rings (SSSR count). The Labute approximate surface area is 164 Å². The number of ether oxygens (including phenoxy) is 1. The highest BCUT2D eigenvalue weighted by Crippen LogP contribution is 2.33. The maximum absolute atomic E-state index is 9.54. The molecule has 0 radical (unpaired) electrons. The monoisotopic (exact) mass is 380 g/mol. The normalized spacial score (nSPS) is 11.7. The van der Waals surface area contributed by atoms with Gasteiger partial charge in [-0.05, 0) is 30.2 Å². The summed E-state index contributed by atoms with van der Waals surface area (Å²) in [6.07, 6.45) is 10.2. The van der Waals surface area contributed by atoms with Crippen molar-refractivity contribution < 1.29 is 4.74 Å². The number of pyridine rings is 1. The van der Waals surface area contributed by atoms with Gasteiger partial charge in [-0.1, -0.05) is 43.5 Å². The minimum absolute atomic E-state index is 0.0442. The molecule has 0 aliphatic carbocycles. The lowest BCUT2D eigenvalue weighted by atomic mass is 10.00. The third kappa shape index (κ3) is 4.66. The summed E-state index contributed by atoms with van der Waals surface area (Å²) in [5, 5.41) is 10.2. The smallest absolute Gasteiger partial charge is 0.182 e. The second kappa shape index (κ2) is 9.20. The first-order chi connectivity index (χ1) is 13.2.